The molecule has 1 amide bonds. The lowest BCUT2D eigenvalue weighted by Crippen LogP contribution is -2.36. The van der Waals surface area contributed by atoms with E-state index in [1.807, 2.05) is 30.3 Å². The number of rotatable bonds is 4. The molecule has 3 atom stereocenters. The van der Waals surface area contributed by atoms with E-state index in [0.29, 0.717) is 12.3 Å². The van der Waals surface area contributed by atoms with Gasteiger partial charge >= 0.3 is 0 Å². The first-order valence-electron chi connectivity index (χ1n) is 8.34. The van der Waals surface area contributed by atoms with Gasteiger partial charge in [0.1, 0.15) is 0 Å². The third-order valence-corrected chi connectivity index (χ3v) is 5.70. The summed E-state index contributed by atoms with van der Waals surface area (Å²) in [5, 5.41) is 3.21. The summed E-state index contributed by atoms with van der Waals surface area (Å²) in [5.74, 6) is 0.475. The van der Waals surface area contributed by atoms with Gasteiger partial charge < -0.3 is 5.32 Å². The predicted molar refractivity (Wildman–Crippen MR) is 97.3 cm³/mol. The highest BCUT2D eigenvalue weighted by atomic mass is 32.2. The average molecular weight is 341 g/mol. The summed E-state index contributed by atoms with van der Waals surface area (Å²) < 4.78 is 11.4. The number of hydrogen-bond acceptors (Lipinski definition) is 2. The van der Waals surface area contributed by atoms with Crippen molar-refractivity contribution in [2.24, 2.45) is 5.92 Å². The molecule has 1 aliphatic carbocycles. The van der Waals surface area contributed by atoms with E-state index in [1.54, 1.807) is 6.26 Å². The Morgan fingerprint density at radius 2 is 1.88 bits per heavy atom. The maximum Gasteiger partial charge on any atom is 0.224 e. The fourth-order valence-electron chi connectivity index (χ4n) is 3.35. The molecule has 0 radical (unpaired) electrons. The Hall–Kier alpha value is -1.94. The Balaban J connectivity index is 1.69. The van der Waals surface area contributed by atoms with Crippen LogP contribution in [0.1, 0.15) is 36.1 Å². The lowest BCUT2D eigenvalue weighted by Gasteiger charge is -2.32. The van der Waals surface area contributed by atoms with Crippen molar-refractivity contribution in [1.29, 1.82) is 0 Å². The van der Waals surface area contributed by atoms with Crippen LogP contribution >= 0.6 is 0 Å². The van der Waals surface area contributed by atoms with Gasteiger partial charge in [-0.25, -0.2) is 0 Å². The average Bonchev–Trinajstić information content (AvgIpc) is 2.58. The smallest absolute Gasteiger partial charge is 0.224 e. The van der Waals surface area contributed by atoms with Crippen LogP contribution in [0.25, 0.3) is 0 Å². The highest BCUT2D eigenvalue weighted by Gasteiger charge is 2.27. The zero-order valence-electron chi connectivity index (χ0n) is 14.1. The highest BCUT2D eigenvalue weighted by molar-refractivity contribution is 7.84. The molecule has 0 saturated carbocycles. The Bertz CT molecular complexity index is 754. The third kappa shape index (κ3) is 3.75. The molecule has 1 N–H and O–H groups in total. The molecule has 24 heavy (non-hydrogen) atoms. The van der Waals surface area contributed by atoms with E-state index in [-0.39, 0.29) is 11.9 Å². The molecule has 3 unspecified atom stereocenters. The van der Waals surface area contributed by atoms with Crippen molar-refractivity contribution in [2.75, 3.05) is 6.26 Å². The van der Waals surface area contributed by atoms with Crippen LogP contribution in [0.4, 0.5) is 0 Å². The fourth-order valence-corrected chi connectivity index (χ4v) is 3.87. The van der Waals surface area contributed by atoms with Crippen LogP contribution in [0.2, 0.25) is 0 Å². The first kappa shape index (κ1) is 16.9. The van der Waals surface area contributed by atoms with Gasteiger partial charge in [0, 0.05) is 22.0 Å². The molecular weight excluding hydrogens is 318 g/mol. The van der Waals surface area contributed by atoms with Crippen molar-refractivity contribution < 1.29 is 9.00 Å². The summed E-state index contributed by atoms with van der Waals surface area (Å²) in [6.45, 7) is 2.20. The van der Waals surface area contributed by atoms with Gasteiger partial charge in [-0.1, -0.05) is 43.3 Å². The normalized spacial score (nSPS) is 20.9. The number of benzene rings is 2. The molecule has 3 rings (SSSR count). The predicted octanol–water partition coefficient (Wildman–Crippen LogP) is 3.41. The van der Waals surface area contributed by atoms with Gasteiger partial charge in [0.2, 0.25) is 5.91 Å². The summed E-state index contributed by atoms with van der Waals surface area (Å²) in [7, 11) is -0.986. The minimum absolute atomic E-state index is 0.0360. The number of carbonyl (C=O) groups excluding carboxylic acids is 1. The van der Waals surface area contributed by atoms with Crippen molar-refractivity contribution in [3.8, 4) is 0 Å². The third-order valence-electron chi connectivity index (χ3n) is 4.76. The van der Waals surface area contributed by atoms with Crippen LogP contribution in [-0.2, 0) is 28.4 Å². The van der Waals surface area contributed by atoms with Gasteiger partial charge in [-0.05, 0) is 47.6 Å². The molecule has 0 saturated heterocycles. The second kappa shape index (κ2) is 7.31. The molecule has 1 aliphatic rings. The molecule has 0 bridgehead atoms. The van der Waals surface area contributed by atoms with Crippen molar-refractivity contribution in [3.63, 3.8) is 0 Å². The van der Waals surface area contributed by atoms with E-state index in [4.69, 9.17) is 0 Å². The van der Waals surface area contributed by atoms with Crippen LogP contribution in [0.5, 0.6) is 0 Å². The number of aryl methyl sites for hydroxylation is 1. The van der Waals surface area contributed by atoms with Crippen molar-refractivity contribution in [2.45, 2.75) is 37.1 Å². The summed E-state index contributed by atoms with van der Waals surface area (Å²) in [5.41, 5.74) is 3.54. The minimum Gasteiger partial charge on any atom is -0.349 e. The standard InChI is InChI=1S/C20H23NO2S/c1-14-7-10-16-5-3-4-6-18(16)20(14)21-19(22)13-15-8-11-17(12-9-15)24(2)23/h3-6,8-9,11-12,14,20H,7,10,13H2,1-2H3,(H,21,22). The Labute approximate surface area is 145 Å². The van der Waals surface area contributed by atoms with Crippen LogP contribution in [0, 0.1) is 5.92 Å². The lowest BCUT2D eigenvalue weighted by atomic mass is 9.80. The lowest BCUT2D eigenvalue weighted by molar-refractivity contribution is -0.121. The summed E-state index contributed by atoms with van der Waals surface area (Å²) in [6.07, 6.45) is 4.18. The van der Waals surface area contributed by atoms with Gasteiger partial charge in [-0.2, -0.15) is 0 Å². The van der Waals surface area contributed by atoms with E-state index in [0.717, 1.165) is 23.3 Å². The van der Waals surface area contributed by atoms with Gasteiger partial charge in [0.15, 0.2) is 0 Å². The molecule has 0 fully saturated rings. The highest BCUT2D eigenvalue weighted by Crippen LogP contribution is 2.34. The Morgan fingerprint density at radius 3 is 2.58 bits per heavy atom. The zero-order chi connectivity index (χ0) is 17.1. The topological polar surface area (TPSA) is 46.2 Å². The number of nitrogens with one attached hydrogen (secondary N) is 1. The van der Waals surface area contributed by atoms with Crippen LogP contribution in [-0.4, -0.2) is 16.4 Å². The Morgan fingerprint density at radius 1 is 1.17 bits per heavy atom. The van der Waals surface area contributed by atoms with E-state index < -0.39 is 10.8 Å². The maximum atomic E-state index is 12.5. The number of carbonyl (C=O) groups is 1. The van der Waals surface area contributed by atoms with Gasteiger partial charge in [-0.3, -0.25) is 9.00 Å². The second-order valence-corrected chi connectivity index (χ2v) is 7.91. The molecular formula is C20H23NO2S. The van der Waals surface area contributed by atoms with Crippen LogP contribution in [0.3, 0.4) is 0 Å². The number of amides is 1. The molecule has 4 heteroatoms. The molecule has 2 aromatic rings. The Kier molecular flexibility index (Phi) is 5.14. The SMILES string of the molecule is CC1CCc2ccccc2C1NC(=O)Cc1ccc(S(C)=O)cc1. The van der Waals surface area contributed by atoms with Gasteiger partial charge in [0.25, 0.3) is 0 Å². The quantitative estimate of drug-likeness (QED) is 0.926. The van der Waals surface area contributed by atoms with Crippen molar-refractivity contribution in [1.82, 2.24) is 5.32 Å². The van der Waals surface area contributed by atoms with Crippen LogP contribution < -0.4 is 5.32 Å². The van der Waals surface area contributed by atoms with Gasteiger partial charge in [0.05, 0.1) is 12.5 Å². The molecule has 126 valence electrons. The molecule has 3 nitrogen and oxygen atoms in total. The first-order valence-corrected chi connectivity index (χ1v) is 9.90. The molecule has 0 spiro atoms. The summed E-state index contributed by atoms with van der Waals surface area (Å²) >= 11 is 0. The second-order valence-electron chi connectivity index (χ2n) is 6.53. The minimum atomic E-state index is -0.986. The fraction of sp³-hybridized carbons (Fsp3) is 0.350. The molecule has 2 aromatic carbocycles. The summed E-state index contributed by atoms with van der Waals surface area (Å²) in [6, 6.07) is 15.9. The summed E-state index contributed by atoms with van der Waals surface area (Å²) in [4.78, 5) is 13.3. The van der Waals surface area contributed by atoms with E-state index in [9.17, 15) is 9.00 Å². The molecule has 0 aromatic heterocycles. The zero-order valence-corrected chi connectivity index (χ0v) is 14.9. The van der Waals surface area contributed by atoms with Crippen molar-refractivity contribution >= 4 is 16.7 Å². The number of fused-ring (bicyclic) bond motifs is 1. The first-order chi connectivity index (χ1) is 11.5. The van der Waals surface area contributed by atoms with Crippen LogP contribution in [0.15, 0.2) is 53.4 Å². The van der Waals surface area contributed by atoms with E-state index >= 15 is 0 Å². The largest absolute Gasteiger partial charge is 0.349 e. The molecule has 0 heterocycles. The monoisotopic (exact) mass is 341 g/mol. The number of hydrogen-bond donors (Lipinski definition) is 1. The maximum absolute atomic E-state index is 12.5. The van der Waals surface area contributed by atoms with Crippen molar-refractivity contribution in [3.05, 3.63) is 65.2 Å². The van der Waals surface area contributed by atoms with E-state index in [1.165, 1.54) is 11.1 Å². The molecule has 0 aliphatic heterocycles. The van der Waals surface area contributed by atoms with Gasteiger partial charge in [-0.15, -0.1) is 0 Å². The van der Waals surface area contributed by atoms with E-state index in [2.05, 4.69) is 30.4 Å².